The van der Waals surface area contributed by atoms with Gasteiger partial charge in [-0.2, -0.15) is 0 Å². The monoisotopic (exact) mass is 636 g/mol. The number of nitrogens with zero attached hydrogens (tertiary/aromatic N) is 2. The molecule has 0 spiro atoms. The third kappa shape index (κ3) is 5.63. The molecule has 9 aromatic rings. The maximum atomic E-state index is 5.29. The maximum Gasteiger partial charge on any atom is 0.160 e. The first-order chi connectivity index (χ1) is 24.8. The molecule has 0 aliphatic heterocycles. The first kappa shape index (κ1) is 29.5. The van der Waals surface area contributed by atoms with Gasteiger partial charge < -0.3 is 0 Å². The predicted molar refractivity (Wildman–Crippen MR) is 210 cm³/mol. The van der Waals surface area contributed by atoms with Crippen molar-refractivity contribution >= 4 is 21.7 Å². The Morgan fingerprint density at radius 2 is 0.700 bits per heavy atom. The quantitative estimate of drug-likeness (QED) is 0.170. The van der Waals surface area contributed by atoms with E-state index in [0.29, 0.717) is 5.82 Å². The summed E-state index contributed by atoms with van der Waals surface area (Å²) in [4.78, 5) is 10.5. The van der Waals surface area contributed by atoms with Gasteiger partial charge in [0.25, 0.3) is 0 Å². The fourth-order valence-corrected chi connectivity index (χ4v) is 6.89. The van der Waals surface area contributed by atoms with E-state index in [4.69, 9.17) is 9.97 Å². The summed E-state index contributed by atoms with van der Waals surface area (Å²) in [5, 5.41) is 3.32. The molecule has 0 saturated carbocycles. The first-order valence-corrected chi connectivity index (χ1v) is 17.0. The molecule has 9 rings (SSSR count). The molecule has 0 atom stereocenters. The Morgan fingerprint density at radius 1 is 0.260 bits per heavy atom. The Balaban J connectivity index is 1.15. The fraction of sp³-hybridized carbons (Fsp3) is 0. The lowest BCUT2D eigenvalue weighted by atomic mass is 9.96. The van der Waals surface area contributed by atoms with Crippen molar-refractivity contribution in [1.82, 2.24) is 9.97 Å². The Morgan fingerprint density at radius 3 is 1.30 bits per heavy atom. The Kier molecular flexibility index (Phi) is 7.53. The average Bonchev–Trinajstić information content (AvgIpc) is 3.21. The van der Waals surface area contributed by atoms with Crippen LogP contribution in [0.3, 0.4) is 0 Å². The van der Waals surface area contributed by atoms with Crippen LogP contribution in [0.15, 0.2) is 194 Å². The minimum Gasteiger partial charge on any atom is -0.227 e. The SMILES string of the molecule is c1ccc(-c2cccc(-c3ccc(-c4nc(-c5cccc(-c6cccc(-c7ccccc7)c6)c5)nc5c4ccc4ccccc45)cc3)c2)cc1. The summed E-state index contributed by atoms with van der Waals surface area (Å²) in [6.45, 7) is 0. The molecule has 0 aliphatic carbocycles. The number of aromatic nitrogens is 2. The molecule has 1 heterocycles. The summed E-state index contributed by atoms with van der Waals surface area (Å²) < 4.78 is 0. The van der Waals surface area contributed by atoms with Gasteiger partial charge in [-0.05, 0) is 74.2 Å². The Labute approximate surface area is 292 Å². The second kappa shape index (κ2) is 12.8. The van der Waals surface area contributed by atoms with Gasteiger partial charge in [-0.25, -0.2) is 9.97 Å². The average molecular weight is 637 g/mol. The van der Waals surface area contributed by atoms with E-state index in [1.165, 1.54) is 33.4 Å². The highest BCUT2D eigenvalue weighted by atomic mass is 14.9. The normalized spacial score (nSPS) is 11.2. The van der Waals surface area contributed by atoms with Gasteiger partial charge in [0.1, 0.15) is 0 Å². The van der Waals surface area contributed by atoms with Crippen molar-refractivity contribution in [3.8, 4) is 67.2 Å². The summed E-state index contributed by atoms with van der Waals surface area (Å²) in [7, 11) is 0. The van der Waals surface area contributed by atoms with Gasteiger partial charge in [-0.3, -0.25) is 0 Å². The van der Waals surface area contributed by atoms with Crippen LogP contribution in [0.25, 0.3) is 88.8 Å². The molecule has 1 aromatic heterocycles. The van der Waals surface area contributed by atoms with Crippen LogP contribution in [-0.4, -0.2) is 9.97 Å². The Hall–Kier alpha value is -6.64. The molecule has 0 bridgehead atoms. The number of hydrogen-bond donors (Lipinski definition) is 0. The van der Waals surface area contributed by atoms with Crippen LogP contribution in [0.5, 0.6) is 0 Å². The second-order valence-electron chi connectivity index (χ2n) is 12.6. The van der Waals surface area contributed by atoms with Crippen LogP contribution in [0.4, 0.5) is 0 Å². The van der Waals surface area contributed by atoms with Crippen LogP contribution >= 0.6 is 0 Å². The van der Waals surface area contributed by atoms with Crippen LogP contribution < -0.4 is 0 Å². The van der Waals surface area contributed by atoms with E-state index < -0.39 is 0 Å². The van der Waals surface area contributed by atoms with Crippen molar-refractivity contribution in [1.29, 1.82) is 0 Å². The minimum absolute atomic E-state index is 0.713. The number of benzene rings is 8. The smallest absolute Gasteiger partial charge is 0.160 e. The molecule has 0 unspecified atom stereocenters. The van der Waals surface area contributed by atoms with Crippen molar-refractivity contribution in [3.05, 3.63) is 194 Å². The lowest BCUT2D eigenvalue weighted by Gasteiger charge is -2.13. The molecule has 0 saturated heterocycles. The van der Waals surface area contributed by atoms with Gasteiger partial charge in [-0.1, -0.05) is 170 Å². The summed E-state index contributed by atoms with van der Waals surface area (Å²) in [5.41, 5.74) is 13.4. The predicted octanol–water partition coefficient (Wildman–Crippen LogP) is 12.8. The molecule has 50 heavy (non-hydrogen) atoms. The third-order valence-electron chi connectivity index (χ3n) is 9.48. The minimum atomic E-state index is 0.713. The van der Waals surface area contributed by atoms with Crippen molar-refractivity contribution < 1.29 is 0 Å². The summed E-state index contributed by atoms with van der Waals surface area (Å²) in [6.07, 6.45) is 0. The summed E-state index contributed by atoms with van der Waals surface area (Å²) in [6, 6.07) is 68.7. The molecular formula is C48H32N2. The number of hydrogen-bond acceptors (Lipinski definition) is 2. The standard InChI is InChI=1S/C48H32N2/c1-3-12-33(13-4-1)38-17-9-19-40(30-38)35-24-26-37(27-25-35)46-45-29-28-36-16-7-8-23-44(36)47(45)50-48(49-46)43-22-11-21-42(32-43)41-20-10-18-39(31-41)34-14-5-2-6-15-34/h1-32H. The molecule has 234 valence electrons. The van der Waals surface area contributed by atoms with E-state index >= 15 is 0 Å². The van der Waals surface area contributed by atoms with E-state index in [2.05, 4.69) is 194 Å². The molecule has 2 heteroatoms. The lowest BCUT2D eigenvalue weighted by molar-refractivity contribution is 1.23. The molecule has 0 N–H and O–H groups in total. The van der Waals surface area contributed by atoms with E-state index in [-0.39, 0.29) is 0 Å². The maximum absolute atomic E-state index is 5.29. The third-order valence-corrected chi connectivity index (χ3v) is 9.48. The molecular weight excluding hydrogens is 605 g/mol. The molecule has 8 aromatic carbocycles. The molecule has 2 nitrogen and oxygen atoms in total. The zero-order valence-corrected chi connectivity index (χ0v) is 27.4. The van der Waals surface area contributed by atoms with Gasteiger partial charge in [0.2, 0.25) is 0 Å². The molecule has 0 fully saturated rings. The van der Waals surface area contributed by atoms with Crippen molar-refractivity contribution in [3.63, 3.8) is 0 Å². The van der Waals surface area contributed by atoms with Crippen LogP contribution in [0, 0.1) is 0 Å². The van der Waals surface area contributed by atoms with Gasteiger partial charge in [0, 0.05) is 21.9 Å². The van der Waals surface area contributed by atoms with Crippen LogP contribution in [0.2, 0.25) is 0 Å². The van der Waals surface area contributed by atoms with Crippen molar-refractivity contribution in [2.24, 2.45) is 0 Å². The van der Waals surface area contributed by atoms with Crippen molar-refractivity contribution in [2.75, 3.05) is 0 Å². The molecule has 0 radical (unpaired) electrons. The summed E-state index contributed by atoms with van der Waals surface area (Å²) >= 11 is 0. The highest BCUT2D eigenvalue weighted by Crippen LogP contribution is 2.36. The van der Waals surface area contributed by atoms with Gasteiger partial charge >= 0.3 is 0 Å². The van der Waals surface area contributed by atoms with Gasteiger partial charge in [0.05, 0.1) is 11.2 Å². The Bertz CT molecular complexity index is 2620. The highest BCUT2D eigenvalue weighted by Gasteiger charge is 2.15. The van der Waals surface area contributed by atoms with Gasteiger partial charge in [0.15, 0.2) is 5.82 Å². The molecule has 0 aliphatic rings. The van der Waals surface area contributed by atoms with E-state index in [1.54, 1.807) is 0 Å². The zero-order chi connectivity index (χ0) is 33.3. The van der Waals surface area contributed by atoms with Crippen LogP contribution in [0.1, 0.15) is 0 Å². The fourth-order valence-electron chi connectivity index (χ4n) is 6.89. The second-order valence-corrected chi connectivity index (χ2v) is 12.6. The van der Waals surface area contributed by atoms with E-state index in [1.807, 2.05) is 0 Å². The van der Waals surface area contributed by atoms with Crippen molar-refractivity contribution in [2.45, 2.75) is 0 Å². The largest absolute Gasteiger partial charge is 0.227 e. The number of rotatable bonds is 6. The lowest BCUT2D eigenvalue weighted by Crippen LogP contribution is -1.96. The van der Waals surface area contributed by atoms with Gasteiger partial charge in [-0.15, -0.1) is 0 Å². The van der Waals surface area contributed by atoms with E-state index in [0.717, 1.165) is 49.6 Å². The topological polar surface area (TPSA) is 25.8 Å². The zero-order valence-electron chi connectivity index (χ0n) is 27.4. The summed E-state index contributed by atoms with van der Waals surface area (Å²) in [5.74, 6) is 0.713. The van der Waals surface area contributed by atoms with Crippen LogP contribution in [-0.2, 0) is 0 Å². The first-order valence-electron chi connectivity index (χ1n) is 17.0. The van der Waals surface area contributed by atoms with E-state index in [9.17, 15) is 0 Å². The molecule has 0 amide bonds. The number of fused-ring (bicyclic) bond motifs is 3. The highest BCUT2D eigenvalue weighted by molar-refractivity contribution is 6.09.